The maximum Gasteiger partial charge on any atom is 0.296 e. The standard InChI is InChI=1S/C31H33N3O6/c1-5-7-15-40-23-13-12-21(17-24(23)38-6-2)27-25(29(36)31(37)34(27)18-22-11-9-16-39-22)28(35)26-20(4)33-14-8-10-19(3)30(33)32-26/h8-14,16-17,27,35H,5-7,15,18H2,1-4H3/b28-25+. The van der Waals surface area contributed by atoms with Gasteiger partial charge in [-0.3, -0.25) is 9.59 Å². The van der Waals surface area contributed by atoms with Crippen LogP contribution < -0.4 is 9.47 Å². The summed E-state index contributed by atoms with van der Waals surface area (Å²) in [4.78, 5) is 33.1. The molecule has 1 aliphatic rings. The number of aliphatic hydroxyl groups excluding tert-OH is 1. The first-order valence-corrected chi connectivity index (χ1v) is 13.5. The van der Waals surface area contributed by atoms with Crippen LogP contribution in [0.2, 0.25) is 0 Å². The predicted molar refractivity (Wildman–Crippen MR) is 149 cm³/mol. The van der Waals surface area contributed by atoms with Crippen LogP contribution in [0.25, 0.3) is 11.4 Å². The Balaban J connectivity index is 1.67. The van der Waals surface area contributed by atoms with Gasteiger partial charge in [0.05, 0.1) is 43.3 Å². The second kappa shape index (κ2) is 11.3. The van der Waals surface area contributed by atoms with Crippen LogP contribution in [0.5, 0.6) is 11.5 Å². The van der Waals surface area contributed by atoms with Crippen LogP contribution in [0.4, 0.5) is 0 Å². The number of ether oxygens (including phenoxy) is 2. The molecule has 5 rings (SSSR count). The molecule has 1 unspecified atom stereocenters. The third kappa shape index (κ3) is 4.83. The van der Waals surface area contributed by atoms with Crippen LogP contribution in [0.1, 0.15) is 61.0 Å². The highest BCUT2D eigenvalue weighted by Gasteiger charge is 2.47. The molecule has 9 heteroatoms. The van der Waals surface area contributed by atoms with Crippen LogP contribution in [-0.2, 0) is 16.1 Å². The highest BCUT2D eigenvalue weighted by Crippen LogP contribution is 2.43. The topological polar surface area (TPSA) is 107 Å². The average Bonchev–Trinajstić information content (AvgIpc) is 3.64. The van der Waals surface area contributed by atoms with Crippen molar-refractivity contribution in [3.05, 3.63) is 88.8 Å². The number of rotatable bonds is 10. The zero-order valence-electron chi connectivity index (χ0n) is 23.1. The van der Waals surface area contributed by atoms with E-state index in [2.05, 4.69) is 11.9 Å². The van der Waals surface area contributed by atoms with E-state index in [1.54, 1.807) is 30.3 Å². The van der Waals surface area contributed by atoms with E-state index in [1.807, 2.05) is 43.5 Å². The van der Waals surface area contributed by atoms with Crippen molar-refractivity contribution < 1.29 is 28.6 Å². The number of unbranched alkanes of at least 4 members (excludes halogenated alkanes) is 1. The summed E-state index contributed by atoms with van der Waals surface area (Å²) in [5, 5.41) is 11.7. The van der Waals surface area contributed by atoms with Gasteiger partial charge in [-0.25, -0.2) is 4.98 Å². The zero-order valence-corrected chi connectivity index (χ0v) is 23.1. The Morgan fingerprint density at radius 2 is 1.90 bits per heavy atom. The van der Waals surface area contributed by atoms with Gasteiger partial charge in [0.2, 0.25) is 0 Å². The predicted octanol–water partition coefficient (Wildman–Crippen LogP) is 5.74. The summed E-state index contributed by atoms with van der Waals surface area (Å²) in [6, 6.07) is 11.7. The highest BCUT2D eigenvalue weighted by atomic mass is 16.5. The first-order valence-electron chi connectivity index (χ1n) is 13.5. The molecule has 1 aromatic carbocycles. The quantitative estimate of drug-likeness (QED) is 0.118. The van der Waals surface area contributed by atoms with Crippen LogP contribution in [0, 0.1) is 13.8 Å². The second-order valence-corrected chi connectivity index (χ2v) is 9.78. The number of nitrogens with zero attached hydrogens (tertiary/aromatic N) is 3. The molecule has 0 spiro atoms. The summed E-state index contributed by atoms with van der Waals surface area (Å²) in [6.45, 7) is 8.69. The average molecular weight is 544 g/mol. The van der Waals surface area contributed by atoms with E-state index in [9.17, 15) is 14.7 Å². The van der Waals surface area contributed by atoms with Crippen molar-refractivity contribution in [1.29, 1.82) is 0 Å². The van der Waals surface area contributed by atoms with Crippen LogP contribution in [-0.4, -0.2) is 44.3 Å². The molecule has 1 saturated heterocycles. The Bertz CT molecular complexity index is 1580. The smallest absolute Gasteiger partial charge is 0.296 e. The van der Waals surface area contributed by atoms with Crippen molar-refractivity contribution in [3.63, 3.8) is 0 Å². The Kier molecular flexibility index (Phi) is 7.64. The molecular formula is C31H33N3O6. The van der Waals surface area contributed by atoms with Crippen molar-refractivity contribution in [2.24, 2.45) is 0 Å². The van der Waals surface area contributed by atoms with Crippen molar-refractivity contribution in [1.82, 2.24) is 14.3 Å². The van der Waals surface area contributed by atoms with Crippen molar-refractivity contribution >= 4 is 23.1 Å². The number of hydrogen-bond acceptors (Lipinski definition) is 7. The number of benzene rings is 1. The number of carbonyl (C=O) groups is 2. The maximum atomic E-state index is 13.6. The summed E-state index contributed by atoms with van der Waals surface area (Å²) in [7, 11) is 0. The fourth-order valence-corrected chi connectivity index (χ4v) is 5.04. The number of fused-ring (bicyclic) bond motifs is 1. The molecule has 4 aromatic rings. The first-order chi connectivity index (χ1) is 19.3. The molecule has 0 radical (unpaired) electrons. The van der Waals surface area contributed by atoms with Crippen molar-refractivity contribution in [2.75, 3.05) is 13.2 Å². The summed E-state index contributed by atoms with van der Waals surface area (Å²) >= 11 is 0. The monoisotopic (exact) mass is 543 g/mol. The lowest BCUT2D eigenvalue weighted by atomic mass is 9.96. The Labute approximate surface area is 232 Å². The van der Waals surface area contributed by atoms with Crippen LogP contribution in [0.3, 0.4) is 0 Å². The molecule has 9 nitrogen and oxygen atoms in total. The van der Waals surface area contributed by atoms with Gasteiger partial charge in [0.15, 0.2) is 17.3 Å². The van der Waals surface area contributed by atoms with Gasteiger partial charge in [-0.1, -0.05) is 25.5 Å². The molecule has 40 heavy (non-hydrogen) atoms. The zero-order chi connectivity index (χ0) is 28.4. The summed E-state index contributed by atoms with van der Waals surface area (Å²) < 4.78 is 19.2. The first kappa shape index (κ1) is 27.1. The number of furan rings is 1. The maximum absolute atomic E-state index is 13.6. The fraction of sp³-hybridized carbons (Fsp3) is 0.323. The molecule has 208 valence electrons. The summed E-state index contributed by atoms with van der Waals surface area (Å²) in [5.41, 5.74) is 3.04. The van der Waals surface area contributed by atoms with Gasteiger partial charge < -0.3 is 28.3 Å². The molecule has 1 fully saturated rings. The van der Waals surface area contributed by atoms with E-state index < -0.39 is 17.7 Å². The van der Waals surface area contributed by atoms with E-state index >= 15 is 0 Å². The lowest BCUT2D eigenvalue weighted by Crippen LogP contribution is -2.29. The second-order valence-electron chi connectivity index (χ2n) is 9.78. The van der Waals surface area contributed by atoms with Gasteiger partial charge in [-0.2, -0.15) is 0 Å². The molecule has 1 atom stereocenters. The van der Waals surface area contributed by atoms with Crippen LogP contribution >= 0.6 is 0 Å². The number of ketones is 1. The lowest BCUT2D eigenvalue weighted by Gasteiger charge is -2.25. The van der Waals surface area contributed by atoms with Gasteiger partial charge in [0.25, 0.3) is 11.7 Å². The number of likely N-dealkylation sites (tertiary alicyclic amines) is 1. The molecule has 1 aliphatic heterocycles. The molecule has 0 aliphatic carbocycles. The normalized spacial score (nSPS) is 16.7. The fourth-order valence-electron chi connectivity index (χ4n) is 5.04. The molecular weight excluding hydrogens is 510 g/mol. The number of pyridine rings is 1. The molecule has 0 bridgehead atoms. The number of aliphatic hydroxyl groups is 1. The Morgan fingerprint density at radius 3 is 2.60 bits per heavy atom. The number of aryl methyl sites for hydroxylation is 2. The highest BCUT2D eigenvalue weighted by molar-refractivity contribution is 6.46. The molecule has 1 N–H and O–H groups in total. The largest absolute Gasteiger partial charge is 0.505 e. The number of hydrogen-bond donors (Lipinski definition) is 1. The van der Waals surface area contributed by atoms with E-state index in [0.29, 0.717) is 47.4 Å². The molecule has 1 amide bonds. The number of carbonyl (C=O) groups excluding carboxylic acids is 2. The summed E-state index contributed by atoms with van der Waals surface area (Å²) in [6.07, 6.45) is 5.25. The Morgan fingerprint density at radius 1 is 1.07 bits per heavy atom. The van der Waals surface area contributed by atoms with Crippen molar-refractivity contribution in [2.45, 2.75) is 53.1 Å². The van der Waals surface area contributed by atoms with E-state index in [1.165, 1.54) is 11.2 Å². The van der Waals surface area contributed by atoms with E-state index in [-0.39, 0.29) is 23.6 Å². The van der Waals surface area contributed by atoms with Gasteiger partial charge in [-0.05, 0) is 68.7 Å². The third-order valence-electron chi connectivity index (χ3n) is 7.09. The minimum absolute atomic E-state index is 0.0391. The molecule has 3 aromatic heterocycles. The van der Waals surface area contributed by atoms with Crippen LogP contribution in [0.15, 0.2) is 64.9 Å². The molecule has 0 saturated carbocycles. The minimum atomic E-state index is -0.903. The third-order valence-corrected chi connectivity index (χ3v) is 7.09. The van der Waals surface area contributed by atoms with Gasteiger partial charge in [-0.15, -0.1) is 0 Å². The molecule has 4 heterocycles. The summed E-state index contributed by atoms with van der Waals surface area (Å²) in [5.74, 6) is -0.263. The van der Waals surface area contributed by atoms with Gasteiger partial charge >= 0.3 is 0 Å². The van der Waals surface area contributed by atoms with E-state index in [4.69, 9.17) is 13.9 Å². The number of amides is 1. The number of Topliss-reactive ketones (excluding diaryl/α,β-unsaturated/α-hetero) is 1. The van der Waals surface area contributed by atoms with E-state index in [0.717, 1.165) is 18.4 Å². The van der Waals surface area contributed by atoms with Gasteiger partial charge in [0.1, 0.15) is 17.1 Å². The Hall–Kier alpha value is -4.53. The minimum Gasteiger partial charge on any atom is -0.505 e. The number of aromatic nitrogens is 2. The van der Waals surface area contributed by atoms with Crippen molar-refractivity contribution in [3.8, 4) is 11.5 Å². The van der Waals surface area contributed by atoms with Gasteiger partial charge in [0, 0.05) is 6.20 Å². The lowest BCUT2D eigenvalue weighted by molar-refractivity contribution is -0.140. The number of imidazole rings is 1. The SMILES string of the molecule is CCCCOc1ccc(C2/C(=C(\O)c3nc4c(C)cccn4c3C)C(=O)C(=O)N2Cc2ccco2)cc1OCC.